The third-order valence-electron chi connectivity index (χ3n) is 4.56. The standard InChI is InChI=1S/C24H16N2O6/c27-21(16-7-9-17(10-8-16)25-24(28)23-6-3-15-31-23)13-11-18-12-14-22(32-18)19-4-1-2-5-20(19)26(29)30/h1-15H,(H,25,28). The second kappa shape index (κ2) is 8.97. The number of nitro benzene ring substituents is 1. The van der Waals surface area contributed by atoms with E-state index in [-0.39, 0.29) is 23.1 Å². The van der Waals surface area contributed by atoms with Gasteiger partial charge in [-0.15, -0.1) is 0 Å². The molecule has 4 aromatic rings. The van der Waals surface area contributed by atoms with Crippen LogP contribution in [0.2, 0.25) is 0 Å². The topological polar surface area (TPSA) is 116 Å². The maximum atomic E-state index is 12.4. The molecule has 8 heteroatoms. The molecule has 8 nitrogen and oxygen atoms in total. The number of ketones is 1. The zero-order valence-electron chi connectivity index (χ0n) is 16.6. The van der Waals surface area contributed by atoms with Crippen molar-refractivity contribution >= 4 is 29.1 Å². The molecule has 0 bridgehead atoms. The number of amides is 1. The van der Waals surface area contributed by atoms with Crippen LogP contribution in [0.3, 0.4) is 0 Å². The van der Waals surface area contributed by atoms with Crippen LogP contribution in [0.4, 0.5) is 11.4 Å². The van der Waals surface area contributed by atoms with Gasteiger partial charge in [0.1, 0.15) is 11.5 Å². The van der Waals surface area contributed by atoms with Crippen molar-refractivity contribution in [2.45, 2.75) is 0 Å². The molecule has 0 radical (unpaired) electrons. The molecule has 0 saturated carbocycles. The van der Waals surface area contributed by atoms with Crippen LogP contribution in [0.1, 0.15) is 26.7 Å². The highest BCUT2D eigenvalue weighted by atomic mass is 16.6. The highest BCUT2D eigenvalue weighted by Gasteiger charge is 2.16. The number of benzene rings is 2. The Bertz CT molecular complexity index is 1300. The number of carbonyl (C=O) groups is 2. The zero-order chi connectivity index (χ0) is 22.5. The van der Waals surface area contributed by atoms with E-state index in [9.17, 15) is 19.7 Å². The Balaban J connectivity index is 1.43. The lowest BCUT2D eigenvalue weighted by Crippen LogP contribution is -2.10. The van der Waals surface area contributed by atoms with Gasteiger partial charge in [-0.05, 0) is 66.7 Å². The third-order valence-corrected chi connectivity index (χ3v) is 4.56. The van der Waals surface area contributed by atoms with Crippen LogP contribution in [0.25, 0.3) is 17.4 Å². The van der Waals surface area contributed by atoms with Gasteiger partial charge in [0.2, 0.25) is 0 Å². The van der Waals surface area contributed by atoms with Crippen molar-refractivity contribution < 1.29 is 23.3 Å². The lowest BCUT2D eigenvalue weighted by atomic mass is 10.1. The van der Waals surface area contributed by atoms with Crippen molar-refractivity contribution in [3.8, 4) is 11.3 Å². The van der Waals surface area contributed by atoms with E-state index in [0.717, 1.165) is 0 Å². The fourth-order valence-corrected chi connectivity index (χ4v) is 3.00. The monoisotopic (exact) mass is 428 g/mol. The first-order chi connectivity index (χ1) is 15.5. The molecular formula is C24H16N2O6. The fraction of sp³-hybridized carbons (Fsp3) is 0. The number of hydrogen-bond donors (Lipinski definition) is 1. The average Bonchev–Trinajstić information content (AvgIpc) is 3.50. The first kappa shape index (κ1) is 20.5. The Morgan fingerprint density at radius 2 is 1.72 bits per heavy atom. The number of carbonyl (C=O) groups excluding carboxylic acids is 2. The minimum atomic E-state index is -0.475. The van der Waals surface area contributed by atoms with Gasteiger partial charge in [-0.3, -0.25) is 19.7 Å². The summed E-state index contributed by atoms with van der Waals surface area (Å²) in [7, 11) is 0. The van der Waals surface area contributed by atoms with Gasteiger partial charge in [0.15, 0.2) is 11.5 Å². The van der Waals surface area contributed by atoms with Gasteiger partial charge < -0.3 is 14.2 Å². The molecule has 1 N–H and O–H groups in total. The molecule has 2 aromatic heterocycles. The van der Waals surface area contributed by atoms with Gasteiger partial charge in [-0.1, -0.05) is 12.1 Å². The Kier molecular flexibility index (Phi) is 5.76. The number of para-hydroxylation sites is 1. The van der Waals surface area contributed by atoms with Crippen molar-refractivity contribution in [1.82, 2.24) is 0 Å². The predicted octanol–water partition coefficient (Wildman–Crippen LogP) is 5.60. The van der Waals surface area contributed by atoms with Crippen LogP contribution in [-0.2, 0) is 0 Å². The molecule has 0 fully saturated rings. The smallest absolute Gasteiger partial charge is 0.291 e. The lowest BCUT2D eigenvalue weighted by molar-refractivity contribution is -0.384. The summed E-state index contributed by atoms with van der Waals surface area (Å²) in [6.45, 7) is 0. The Morgan fingerprint density at radius 1 is 0.938 bits per heavy atom. The van der Waals surface area contributed by atoms with Crippen LogP contribution in [0.15, 0.2) is 94.0 Å². The predicted molar refractivity (Wildman–Crippen MR) is 117 cm³/mol. The van der Waals surface area contributed by atoms with E-state index in [4.69, 9.17) is 8.83 Å². The Hall–Kier alpha value is -4.72. The second-order valence-electron chi connectivity index (χ2n) is 6.68. The highest BCUT2D eigenvalue weighted by molar-refractivity contribution is 6.07. The van der Waals surface area contributed by atoms with E-state index in [0.29, 0.717) is 28.3 Å². The molecule has 2 aromatic carbocycles. The summed E-state index contributed by atoms with van der Waals surface area (Å²) >= 11 is 0. The molecule has 0 saturated heterocycles. The van der Waals surface area contributed by atoms with Crippen LogP contribution >= 0.6 is 0 Å². The van der Waals surface area contributed by atoms with E-state index < -0.39 is 4.92 Å². The van der Waals surface area contributed by atoms with Gasteiger partial charge in [0, 0.05) is 17.3 Å². The number of hydrogen-bond acceptors (Lipinski definition) is 6. The summed E-state index contributed by atoms with van der Waals surface area (Å²) in [6, 6.07) is 19.1. The summed E-state index contributed by atoms with van der Waals surface area (Å²) in [5, 5.41) is 13.9. The molecule has 32 heavy (non-hydrogen) atoms. The van der Waals surface area contributed by atoms with Gasteiger partial charge >= 0.3 is 0 Å². The van der Waals surface area contributed by atoms with Crippen molar-refractivity contribution in [3.05, 3.63) is 112 Å². The third kappa shape index (κ3) is 4.54. The minimum Gasteiger partial charge on any atom is -0.459 e. The quantitative estimate of drug-likeness (QED) is 0.177. The van der Waals surface area contributed by atoms with E-state index in [1.807, 2.05) is 0 Å². The minimum absolute atomic E-state index is 0.0623. The number of nitrogens with zero attached hydrogens (tertiary/aromatic N) is 1. The summed E-state index contributed by atoms with van der Waals surface area (Å²) in [5.74, 6) is 0.250. The highest BCUT2D eigenvalue weighted by Crippen LogP contribution is 2.31. The number of furan rings is 2. The first-order valence-electron chi connectivity index (χ1n) is 9.52. The van der Waals surface area contributed by atoms with Crippen LogP contribution in [-0.4, -0.2) is 16.6 Å². The maximum absolute atomic E-state index is 12.4. The Labute approximate surface area is 181 Å². The zero-order valence-corrected chi connectivity index (χ0v) is 16.6. The summed E-state index contributed by atoms with van der Waals surface area (Å²) in [4.78, 5) is 35.1. The van der Waals surface area contributed by atoms with E-state index in [2.05, 4.69) is 5.32 Å². The largest absolute Gasteiger partial charge is 0.459 e. The van der Waals surface area contributed by atoms with E-state index >= 15 is 0 Å². The molecule has 2 heterocycles. The molecule has 158 valence electrons. The molecule has 4 rings (SSSR count). The van der Waals surface area contributed by atoms with Gasteiger partial charge in [0.05, 0.1) is 16.7 Å². The Morgan fingerprint density at radius 3 is 2.44 bits per heavy atom. The lowest BCUT2D eigenvalue weighted by Gasteiger charge is -2.03. The molecule has 0 aliphatic heterocycles. The number of rotatable bonds is 7. The molecule has 0 atom stereocenters. The molecule has 0 aliphatic carbocycles. The number of anilines is 1. The van der Waals surface area contributed by atoms with Crippen molar-refractivity contribution in [3.63, 3.8) is 0 Å². The van der Waals surface area contributed by atoms with Crippen molar-refractivity contribution in [2.24, 2.45) is 0 Å². The molecule has 0 aliphatic rings. The van der Waals surface area contributed by atoms with E-state index in [1.165, 1.54) is 24.5 Å². The molecule has 1 amide bonds. The first-order valence-corrected chi connectivity index (χ1v) is 9.52. The maximum Gasteiger partial charge on any atom is 0.291 e. The van der Waals surface area contributed by atoms with E-state index in [1.54, 1.807) is 66.7 Å². The average molecular weight is 428 g/mol. The summed E-state index contributed by atoms with van der Waals surface area (Å²) in [6.07, 6.45) is 4.25. The van der Waals surface area contributed by atoms with Crippen molar-refractivity contribution in [2.75, 3.05) is 5.32 Å². The van der Waals surface area contributed by atoms with Gasteiger partial charge in [-0.25, -0.2) is 0 Å². The molecular weight excluding hydrogens is 412 g/mol. The summed E-state index contributed by atoms with van der Waals surface area (Å²) < 4.78 is 10.7. The number of allylic oxidation sites excluding steroid dienone is 1. The summed E-state index contributed by atoms with van der Waals surface area (Å²) in [5.41, 5.74) is 1.23. The SMILES string of the molecule is O=C(C=Cc1ccc(-c2ccccc2[N+](=O)[O-])o1)c1ccc(NC(=O)c2ccco2)cc1. The molecule has 0 unspecified atom stereocenters. The van der Waals surface area contributed by atoms with Gasteiger partial charge in [-0.2, -0.15) is 0 Å². The van der Waals surface area contributed by atoms with Crippen molar-refractivity contribution in [1.29, 1.82) is 0 Å². The van der Waals surface area contributed by atoms with Gasteiger partial charge in [0.25, 0.3) is 11.6 Å². The van der Waals surface area contributed by atoms with Crippen LogP contribution < -0.4 is 5.32 Å². The van der Waals surface area contributed by atoms with Crippen LogP contribution in [0.5, 0.6) is 0 Å². The number of nitrogens with one attached hydrogen (secondary N) is 1. The molecule has 0 spiro atoms. The second-order valence-corrected chi connectivity index (χ2v) is 6.68. The number of nitro groups is 1. The normalized spacial score (nSPS) is 10.9. The fourth-order valence-electron chi connectivity index (χ4n) is 3.00. The van der Waals surface area contributed by atoms with Crippen LogP contribution in [0, 0.1) is 10.1 Å².